The van der Waals surface area contributed by atoms with E-state index < -0.39 is 6.10 Å². The number of amides is 1. The van der Waals surface area contributed by atoms with E-state index in [4.69, 9.17) is 5.11 Å². The van der Waals surface area contributed by atoms with Crippen molar-refractivity contribution in [1.82, 2.24) is 5.32 Å². The first-order chi connectivity index (χ1) is 8.65. The lowest BCUT2D eigenvalue weighted by Crippen LogP contribution is -2.31. The Labute approximate surface area is 112 Å². The van der Waals surface area contributed by atoms with Crippen molar-refractivity contribution in [3.05, 3.63) is 29.3 Å². The fourth-order valence-electron chi connectivity index (χ4n) is 2.10. The number of aliphatic hydroxyl groups excluding tert-OH is 1. The summed E-state index contributed by atoms with van der Waals surface area (Å²) in [5, 5.41) is 11.8. The summed E-state index contributed by atoms with van der Waals surface area (Å²) in [5.74, 6) is 0.382. The van der Waals surface area contributed by atoms with E-state index in [1.165, 1.54) is 24.0 Å². The van der Waals surface area contributed by atoms with Gasteiger partial charge in [0.05, 0.1) is 11.9 Å². The maximum atomic E-state index is 11.5. The van der Waals surface area contributed by atoms with Gasteiger partial charge in [-0.15, -0.1) is 11.8 Å². The number of aryl methyl sites for hydroxylation is 2. The molecule has 0 unspecified atom stereocenters. The minimum Gasteiger partial charge on any atom is -0.392 e. The lowest BCUT2D eigenvalue weighted by Gasteiger charge is -2.07. The van der Waals surface area contributed by atoms with Gasteiger partial charge in [0.25, 0.3) is 0 Å². The normalized spacial score (nSPS) is 15.2. The number of rotatable bonds is 5. The fraction of sp³-hybridized carbons (Fsp3) is 0.500. The molecule has 0 radical (unpaired) electrons. The summed E-state index contributed by atoms with van der Waals surface area (Å²) < 4.78 is 0. The number of hydrogen-bond donors (Lipinski definition) is 2. The van der Waals surface area contributed by atoms with Crippen LogP contribution >= 0.6 is 11.8 Å². The largest absolute Gasteiger partial charge is 0.392 e. The van der Waals surface area contributed by atoms with E-state index in [0.29, 0.717) is 12.3 Å². The van der Waals surface area contributed by atoms with Crippen molar-refractivity contribution in [2.45, 2.75) is 37.2 Å². The molecule has 0 spiro atoms. The zero-order valence-electron chi connectivity index (χ0n) is 10.6. The number of nitrogens with one attached hydrogen (secondary N) is 1. The summed E-state index contributed by atoms with van der Waals surface area (Å²) >= 11 is 1.55. The van der Waals surface area contributed by atoms with Crippen LogP contribution in [0.5, 0.6) is 0 Å². The Morgan fingerprint density at radius 1 is 1.44 bits per heavy atom. The van der Waals surface area contributed by atoms with Gasteiger partial charge in [-0.1, -0.05) is 6.07 Å². The van der Waals surface area contributed by atoms with E-state index in [1.807, 2.05) is 0 Å². The van der Waals surface area contributed by atoms with Crippen molar-refractivity contribution in [3.63, 3.8) is 0 Å². The average Bonchev–Trinajstić information content (AvgIpc) is 2.81. The van der Waals surface area contributed by atoms with Crippen LogP contribution in [-0.2, 0) is 17.6 Å². The van der Waals surface area contributed by atoms with E-state index in [2.05, 4.69) is 23.5 Å². The topological polar surface area (TPSA) is 49.3 Å². The molecular weight excluding hydrogens is 246 g/mol. The van der Waals surface area contributed by atoms with E-state index in [1.54, 1.807) is 18.7 Å². The predicted octanol–water partition coefficient (Wildman–Crippen LogP) is 1.76. The van der Waals surface area contributed by atoms with Crippen LogP contribution < -0.4 is 5.32 Å². The number of carbonyl (C=O) groups excluding carboxylic acids is 1. The minimum atomic E-state index is -0.487. The Balaban J connectivity index is 1.81. The molecule has 98 valence electrons. The van der Waals surface area contributed by atoms with Crippen molar-refractivity contribution in [3.8, 4) is 0 Å². The highest BCUT2D eigenvalue weighted by Gasteiger charge is 2.11. The average molecular weight is 265 g/mol. The first-order valence-corrected chi connectivity index (χ1v) is 7.33. The number of carbonyl (C=O) groups is 1. The van der Waals surface area contributed by atoms with Crippen molar-refractivity contribution in [2.75, 3.05) is 12.3 Å². The predicted molar refractivity (Wildman–Crippen MR) is 73.9 cm³/mol. The van der Waals surface area contributed by atoms with Gasteiger partial charge < -0.3 is 10.4 Å². The maximum absolute atomic E-state index is 11.5. The molecule has 0 aromatic heterocycles. The molecule has 2 rings (SSSR count). The van der Waals surface area contributed by atoms with E-state index in [9.17, 15) is 4.79 Å². The number of thioether (sulfide) groups is 1. The van der Waals surface area contributed by atoms with Crippen LogP contribution in [0.25, 0.3) is 0 Å². The lowest BCUT2D eigenvalue weighted by molar-refractivity contribution is -0.118. The maximum Gasteiger partial charge on any atom is 0.230 e. The van der Waals surface area contributed by atoms with Gasteiger partial charge in [0.1, 0.15) is 0 Å². The molecule has 4 heteroatoms. The summed E-state index contributed by atoms with van der Waals surface area (Å²) in [6, 6.07) is 6.48. The molecule has 2 N–H and O–H groups in total. The van der Waals surface area contributed by atoms with Crippen LogP contribution in [-0.4, -0.2) is 29.4 Å². The molecular formula is C14H19NO2S. The van der Waals surface area contributed by atoms with Crippen LogP contribution in [0.15, 0.2) is 23.1 Å². The van der Waals surface area contributed by atoms with Gasteiger partial charge in [0.15, 0.2) is 0 Å². The Morgan fingerprint density at radius 3 is 3.00 bits per heavy atom. The Kier molecular flexibility index (Phi) is 4.66. The molecule has 1 amide bonds. The van der Waals surface area contributed by atoms with Crippen molar-refractivity contribution >= 4 is 17.7 Å². The summed E-state index contributed by atoms with van der Waals surface area (Å²) in [4.78, 5) is 12.7. The highest BCUT2D eigenvalue weighted by Crippen LogP contribution is 2.27. The second-order valence-corrected chi connectivity index (χ2v) is 5.77. The number of fused-ring (bicyclic) bond motifs is 1. The highest BCUT2D eigenvalue weighted by atomic mass is 32.2. The molecule has 1 aliphatic carbocycles. The number of hydrogen-bond acceptors (Lipinski definition) is 3. The quantitative estimate of drug-likeness (QED) is 0.798. The fourth-order valence-corrected chi connectivity index (χ4v) is 2.89. The molecule has 1 aromatic rings. The third-order valence-electron chi connectivity index (χ3n) is 3.03. The molecule has 1 aliphatic rings. The van der Waals surface area contributed by atoms with Crippen molar-refractivity contribution in [1.29, 1.82) is 0 Å². The van der Waals surface area contributed by atoms with Gasteiger partial charge in [-0.3, -0.25) is 4.79 Å². The van der Waals surface area contributed by atoms with E-state index in [-0.39, 0.29) is 5.91 Å². The Morgan fingerprint density at radius 2 is 2.22 bits per heavy atom. The van der Waals surface area contributed by atoms with Crippen LogP contribution in [0.4, 0.5) is 0 Å². The standard InChI is InChI=1S/C14H19NO2S/c1-10(16)8-15-14(17)9-18-13-6-5-11-3-2-4-12(11)7-13/h5-7,10,16H,2-4,8-9H2,1H3,(H,15,17)/t10-/m0/s1. The highest BCUT2D eigenvalue weighted by molar-refractivity contribution is 8.00. The Hall–Kier alpha value is -1.00. The van der Waals surface area contributed by atoms with Gasteiger partial charge in [0, 0.05) is 11.4 Å². The van der Waals surface area contributed by atoms with Gasteiger partial charge in [0.2, 0.25) is 5.91 Å². The van der Waals surface area contributed by atoms with Gasteiger partial charge in [-0.05, 0) is 49.4 Å². The van der Waals surface area contributed by atoms with Crippen LogP contribution in [0, 0.1) is 0 Å². The zero-order valence-corrected chi connectivity index (χ0v) is 11.4. The summed E-state index contributed by atoms with van der Waals surface area (Å²) in [6.07, 6.45) is 3.12. The summed E-state index contributed by atoms with van der Waals surface area (Å²) in [5.41, 5.74) is 2.89. The molecule has 0 saturated heterocycles. The van der Waals surface area contributed by atoms with E-state index in [0.717, 1.165) is 11.3 Å². The van der Waals surface area contributed by atoms with Gasteiger partial charge >= 0.3 is 0 Å². The smallest absolute Gasteiger partial charge is 0.230 e. The van der Waals surface area contributed by atoms with Gasteiger partial charge in [-0.25, -0.2) is 0 Å². The van der Waals surface area contributed by atoms with Crippen LogP contribution in [0.3, 0.4) is 0 Å². The second kappa shape index (κ2) is 6.25. The van der Waals surface area contributed by atoms with Crippen LogP contribution in [0.1, 0.15) is 24.5 Å². The third-order valence-corrected chi connectivity index (χ3v) is 4.03. The lowest BCUT2D eigenvalue weighted by atomic mass is 10.1. The Bertz CT molecular complexity index is 432. The molecule has 0 fully saturated rings. The SMILES string of the molecule is C[C@H](O)CNC(=O)CSc1ccc2c(c1)CCC2. The molecule has 18 heavy (non-hydrogen) atoms. The first kappa shape index (κ1) is 13.4. The third kappa shape index (κ3) is 3.75. The minimum absolute atomic E-state index is 0.0265. The molecule has 0 saturated carbocycles. The molecule has 1 atom stereocenters. The van der Waals surface area contributed by atoms with Gasteiger partial charge in [-0.2, -0.15) is 0 Å². The molecule has 0 aliphatic heterocycles. The van der Waals surface area contributed by atoms with E-state index >= 15 is 0 Å². The molecule has 1 aromatic carbocycles. The summed E-state index contributed by atoms with van der Waals surface area (Å²) in [6.45, 7) is 1.98. The number of benzene rings is 1. The number of aliphatic hydroxyl groups is 1. The molecule has 0 bridgehead atoms. The first-order valence-electron chi connectivity index (χ1n) is 6.34. The second-order valence-electron chi connectivity index (χ2n) is 4.73. The zero-order chi connectivity index (χ0) is 13.0. The van der Waals surface area contributed by atoms with Crippen molar-refractivity contribution in [2.24, 2.45) is 0 Å². The van der Waals surface area contributed by atoms with Crippen LogP contribution in [0.2, 0.25) is 0 Å². The molecule has 3 nitrogen and oxygen atoms in total. The monoisotopic (exact) mass is 265 g/mol. The van der Waals surface area contributed by atoms with Crippen molar-refractivity contribution < 1.29 is 9.90 Å². The summed E-state index contributed by atoms with van der Waals surface area (Å²) in [7, 11) is 0. The molecule has 0 heterocycles.